The zero-order chi connectivity index (χ0) is 27.0. The molecule has 6 heteroatoms. The van der Waals surface area contributed by atoms with E-state index in [2.05, 4.69) is 50.5 Å². The largest absolute Gasteiger partial charge is 0.444 e. The smallest absolute Gasteiger partial charge is 0.407 e. The Morgan fingerprint density at radius 2 is 1.46 bits per heavy atom. The molecule has 0 saturated carbocycles. The lowest BCUT2D eigenvalue weighted by Gasteiger charge is -2.35. The summed E-state index contributed by atoms with van der Waals surface area (Å²) in [5, 5.41) is 5.84. The van der Waals surface area contributed by atoms with Crippen molar-refractivity contribution in [3.63, 3.8) is 0 Å². The number of rotatable bonds is 14. The van der Waals surface area contributed by atoms with E-state index in [0.717, 1.165) is 25.7 Å². The van der Waals surface area contributed by atoms with Gasteiger partial charge in [0.05, 0.1) is 13.2 Å². The highest BCUT2D eigenvalue weighted by molar-refractivity contribution is 5.75. The Labute approximate surface area is 214 Å². The minimum Gasteiger partial charge on any atom is -0.444 e. The molecule has 0 unspecified atom stereocenters. The van der Waals surface area contributed by atoms with Crippen molar-refractivity contribution in [2.75, 3.05) is 19.7 Å². The highest BCUT2D eigenvalue weighted by atomic mass is 16.6. The number of carbonyl (C=O) groups is 2. The number of nitrogens with one attached hydrogen (secondary N) is 2. The van der Waals surface area contributed by atoms with Crippen LogP contribution >= 0.6 is 0 Å². The molecule has 2 amide bonds. The summed E-state index contributed by atoms with van der Waals surface area (Å²) in [6.45, 7) is 20.8. The fourth-order valence-electron chi connectivity index (χ4n) is 3.95. The molecule has 0 spiro atoms. The number of benzene rings is 1. The van der Waals surface area contributed by atoms with Crippen molar-refractivity contribution >= 4 is 12.0 Å². The molecule has 0 aliphatic carbocycles. The van der Waals surface area contributed by atoms with Crippen molar-refractivity contribution < 1.29 is 19.1 Å². The van der Waals surface area contributed by atoms with E-state index in [1.165, 1.54) is 5.56 Å². The Morgan fingerprint density at radius 1 is 0.829 bits per heavy atom. The van der Waals surface area contributed by atoms with Crippen LogP contribution in [0.25, 0.3) is 0 Å². The van der Waals surface area contributed by atoms with Gasteiger partial charge in [0.1, 0.15) is 5.60 Å². The van der Waals surface area contributed by atoms with E-state index < -0.39 is 11.7 Å². The maximum atomic E-state index is 12.3. The normalized spacial score (nSPS) is 11.8. The van der Waals surface area contributed by atoms with Crippen molar-refractivity contribution in [1.29, 1.82) is 0 Å². The Hall–Kier alpha value is -2.08. The molecule has 0 atom stereocenters. The van der Waals surface area contributed by atoms with Gasteiger partial charge in [-0.2, -0.15) is 0 Å². The SMILES string of the molecule is CC.CC(C)(CNC(=O)CCCCCNC(=O)OC(C)(C)C)CC(C)(C)COCc1ccccc1. The van der Waals surface area contributed by atoms with E-state index in [-0.39, 0.29) is 16.7 Å². The van der Waals surface area contributed by atoms with Crippen molar-refractivity contribution in [3.8, 4) is 0 Å². The highest BCUT2D eigenvalue weighted by Gasteiger charge is 2.29. The second kappa shape index (κ2) is 16.6. The molecular formula is C29H52N2O4. The zero-order valence-corrected chi connectivity index (χ0v) is 23.9. The number of hydrogen-bond donors (Lipinski definition) is 2. The van der Waals surface area contributed by atoms with Gasteiger partial charge in [-0.15, -0.1) is 0 Å². The van der Waals surface area contributed by atoms with Crippen molar-refractivity contribution in [3.05, 3.63) is 35.9 Å². The van der Waals surface area contributed by atoms with Crippen LogP contribution in [-0.4, -0.2) is 37.3 Å². The first-order chi connectivity index (χ1) is 16.3. The third kappa shape index (κ3) is 18.9. The zero-order valence-electron chi connectivity index (χ0n) is 23.9. The fourth-order valence-corrected chi connectivity index (χ4v) is 3.95. The summed E-state index contributed by atoms with van der Waals surface area (Å²) in [6, 6.07) is 10.2. The van der Waals surface area contributed by atoms with Crippen LogP contribution in [0.3, 0.4) is 0 Å². The molecular weight excluding hydrogens is 440 g/mol. The van der Waals surface area contributed by atoms with Gasteiger partial charge in [-0.1, -0.05) is 78.3 Å². The summed E-state index contributed by atoms with van der Waals surface area (Å²) in [4.78, 5) is 23.9. The van der Waals surface area contributed by atoms with E-state index in [1.54, 1.807) is 0 Å². The van der Waals surface area contributed by atoms with Gasteiger partial charge in [-0.25, -0.2) is 4.79 Å². The van der Waals surface area contributed by atoms with Crippen molar-refractivity contribution in [2.45, 2.75) is 107 Å². The monoisotopic (exact) mass is 492 g/mol. The number of alkyl carbamates (subject to hydrolysis) is 1. The van der Waals surface area contributed by atoms with Crippen molar-refractivity contribution in [1.82, 2.24) is 10.6 Å². The summed E-state index contributed by atoms with van der Waals surface area (Å²) in [6.07, 6.45) is 3.59. The molecule has 0 bridgehead atoms. The summed E-state index contributed by atoms with van der Waals surface area (Å²) < 4.78 is 11.2. The van der Waals surface area contributed by atoms with E-state index in [1.807, 2.05) is 52.8 Å². The van der Waals surface area contributed by atoms with Gasteiger partial charge in [0.2, 0.25) is 5.91 Å². The highest BCUT2D eigenvalue weighted by Crippen LogP contribution is 2.33. The molecule has 0 radical (unpaired) electrons. The molecule has 0 aliphatic heterocycles. The Bertz CT molecular complexity index is 709. The average molecular weight is 493 g/mol. The molecule has 1 rings (SSSR count). The molecule has 6 nitrogen and oxygen atoms in total. The average Bonchev–Trinajstić information content (AvgIpc) is 2.75. The second-order valence-electron chi connectivity index (χ2n) is 11.5. The topological polar surface area (TPSA) is 76.7 Å². The first-order valence-electron chi connectivity index (χ1n) is 13.1. The molecule has 1 aromatic rings. The second-order valence-corrected chi connectivity index (χ2v) is 11.5. The standard InChI is InChI=1S/C27H46N2O4.C2H6/c1-25(2,3)33-24(31)28-17-13-9-12-16-23(30)29-20-26(4,5)19-27(6,7)21-32-18-22-14-10-8-11-15-22;1-2/h8,10-11,14-15H,9,12-13,16-21H2,1-7H3,(H,28,31)(H,29,30);1-2H3. The predicted molar refractivity (Wildman–Crippen MR) is 145 cm³/mol. The van der Waals surface area contributed by atoms with Crippen LogP contribution in [0, 0.1) is 10.8 Å². The first-order valence-corrected chi connectivity index (χ1v) is 13.1. The lowest BCUT2D eigenvalue weighted by Crippen LogP contribution is -2.37. The van der Waals surface area contributed by atoms with Crippen LogP contribution in [-0.2, 0) is 20.9 Å². The van der Waals surface area contributed by atoms with Gasteiger partial charge >= 0.3 is 6.09 Å². The molecule has 0 aliphatic rings. The Morgan fingerprint density at radius 3 is 2.06 bits per heavy atom. The molecule has 0 aromatic heterocycles. The maximum absolute atomic E-state index is 12.3. The Kier molecular flexibility index (Phi) is 15.6. The van der Waals surface area contributed by atoms with E-state index >= 15 is 0 Å². The van der Waals surface area contributed by atoms with Crippen LogP contribution in [0.5, 0.6) is 0 Å². The van der Waals surface area contributed by atoms with Crippen LogP contribution < -0.4 is 10.6 Å². The molecule has 0 saturated heterocycles. The van der Waals surface area contributed by atoms with Gasteiger partial charge in [0.15, 0.2) is 0 Å². The Balaban J connectivity index is 0.00000562. The van der Waals surface area contributed by atoms with Crippen LogP contribution in [0.4, 0.5) is 4.79 Å². The fraction of sp³-hybridized carbons (Fsp3) is 0.724. The van der Waals surface area contributed by atoms with Gasteiger partial charge in [0, 0.05) is 19.5 Å². The third-order valence-electron chi connectivity index (χ3n) is 5.07. The summed E-state index contributed by atoms with van der Waals surface area (Å²) >= 11 is 0. The lowest BCUT2D eigenvalue weighted by molar-refractivity contribution is -0.121. The summed E-state index contributed by atoms with van der Waals surface area (Å²) in [7, 11) is 0. The van der Waals surface area contributed by atoms with Gasteiger partial charge in [-0.3, -0.25) is 4.79 Å². The summed E-state index contributed by atoms with van der Waals surface area (Å²) in [5.74, 6) is 0.0845. The predicted octanol–water partition coefficient (Wildman–Crippen LogP) is 6.87. The number of ether oxygens (including phenoxy) is 2. The van der Waals surface area contributed by atoms with Crippen LogP contribution in [0.2, 0.25) is 0 Å². The molecule has 1 aromatic carbocycles. The molecule has 0 fully saturated rings. The third-order valence-corrected chi connectivity index (χ3v) is 5.07. The number of amides is 2. The lowest BCUT2D eigenvalue weighted by atomic mass is 9.75. The van der Waals surface area contributed by atoms with E-state index in [9.17, 15) is 9.59 Å². The van der Waals surface area contributed by atoms with E-state index in [4.69, 9.17) is 9.47 Å². The molecule has 0 heterocycles. The van der Waals surface area contributed by atoms with E-state index in [0.29, 0.717) is 32.7 Å². The number of unbranched alkanes of at least 4 members (excludes halogenated alkanes) is 2. The quantitative estimate of drug-likeness (QED) is 0.278. The minimum absolute atomic E-state index is 0.0180. The van der Waals surface area contributed by atoms with Crippen LogP contribution in [0.1, 0.15) is 100.0 Å². The van der Waals surface area contributed by atoms with Gasteiger partial charge in [0.25, 0.3) is 0 Å². The maximum Gasteiger partial charge on any atom is 0.407 e. The minimum atomic E-state index is -0.486. The summed E-state index contributed by atoms with van der Waals surface area (Å²) in [5.41, 5.74) is 0.692. The van der Waals surface area contributed by atoms with Gasteiger partial charge in [-0.05, 0) is 56.4 Å². The molecule has 202 valence electrons. The number of hydrogen-bond acceptors (Lipinski definition) is 4. The molecule has 35 heavy (non-hydrogen) atoms. The first kappa shape index (κ1) is 32.9. The van der Waals surface area contributed by atoms with Gasteiger partial charge < -0.3 is 20.1 Å². The van der Waals surface area contributed by atoms with Crippen LogP contribution in [0.15, 0.2) is 30.3 Å². The van der Waals surface area contributed by atoms with Crippen molar-refractivity contribution in [2.24, 2.45) is 10.8 Å². The number of carbonyl (C=O) groups excluding carboxylic acids is 2. The molecule has 2 N–H and O–H groups in total.